The molecule has 17 heavy (non-hydrogen) atoms. The number of nitrogens with zero attached hydrogens (tertiary/aromatic N) is 1. The Labute approximate surface area is 102 Å². The first-order valence-electron chi connectivity index (χ1n) is 5.70. The Morgan fingerprint density at radius 1 is 1.35 bits per heavy atom. The van der Waals surface area contributed by atoms with Crippen LogP contribution in [-0.2, 0) is 19.4 Å². The van der Waals surface area contributed by atoms with Crippen LogP contribution < -0.4 is 0 Å². The first-order chi connectivity index (χ1) is 7.73. The monoisotopic (exact) mass is 261 g/mol. The van der Waals surface area contributed by atoms with Crippen LogP contribution in [0.15, 0.2) is 0 Å². The molecule has 98 valence electrons. The summed E-state index contributed by atoms with van der Waals surface area (Å²) in [5, 5.41) is -1.01. The van der Waals surface area contributed by atoms with E-state index in [9.17, 15) is 18.0 Å². The molecular weight excluding hydrogens is 242 g/mol. The predicted molar refractivity (Wildman–Crippen MR) is 64.3 cm³/mol. The highest BCUT2D eigenvalue weighted by Gasteiger charge is 2.31. The predicted octanol–water partition coefficient (Wildman–Crippen LogP) is 0.390. The summed E-state index contributed by atoms with van der Waals surface area (Å²) in [7, 11) is -1.74. The van der Waals surface area contributed by atoms with E-state index in [1.807, 2.05) is 0 Å². The van der Waals surface area contributed by atoms with E-state index in [1.165, 1.54) is 11.8 Å². The third kappa shape index (κ3) is 3.52. The van der Waals surface area contributed by atoms with Gasteiger partial charge in [-0.25, -0.2) is 8.42 Å². The smallest absolute Gasteiger partial charge is 0.240 e. The maximum absolute atomic E-state index is 11.9. The van der Waals surface area contributed by atoms with Crippen molar-refractivity contribution in [1.82, 2.24) is 4.90 Å². The average molecular weight is 261 g/mol. The minimum Gasteiger partial charge on any atom is -0.342 e. The Balaban J connectivity index is 2.67. The minimum atomic E-state index is -3.35. The fourth-order valence-corrected chi connectivity index (χ4v) is 2.49. The zero-order valence-corrected chi connectivity index (χ0v) is 11.3. The summed E-state index contributed by atoms with van der Waals surface area (Å²) in [6.45, 7) is 1.40. The van der Waals surface area contributed by atoms with Crippen molar-refractivity contribution in [2.45, 2.75) is 43.9 Å². The second-order valence-electron chi connectivity index (χ2n) is 4.69. The number of Topliss-reactive ketones (excluding diaryl/α,β-unsaturated/α-hetero) is 1. The highest BCUT2D eigenvalue weighted by atomic mass is 32.2. The van der Waals surface area contributed by atoms with Gasteiger partial charge in [-0.2, -0.15) is 0 Å². The lowest BCUT2D eigenvalue weighted by atomic mass is 9.93. The van der Waals surface area contributed by atoms with Crippen molar-refractivity contribution in [2.75, 3.05) is 13.3 Å². The van der Waals surface area contributed by atoms with E-state index >= 15 is 0 Å². The number of hydrogen-bond donors (Lipinski definition) is 0. The molecule has 0 saturated heterocycles. The number of sulfone groups is 1. The molecule has 1 aliphatic rings. The zero-order valence-electron chi connectivity index (χ0n) is 10.5. The third-order valence-corrected chi connectivity index (χ3v) is 4.88. The van der Waals surface area contributed by atoms with Crippen LogP contribution in [0.25, 0.3) is 0 Å². The van der Waals surface area contributed by atoms with Crippen LogP contribution in [0.1, 0.15) is 32.6 Å². The van der Waals surface area contributed by atoms with Crippen molar-refractivity contribution in [3.8, 4) is 0 Å². The molecule has 0 N–H and O–H groups in total. The number of amides is 1. The molecule has 1 saturated carbocycles. The van der Waals surface area contributed by atoms with Crippen molar-refractivity contribution in [1.29, 1.82) is 0 Å². The van der Waals surface area contributed by atoms with Gasteiger partial charge >= 0.3 is 0 Å². The van der Waals surface area contributed by atoms with Gasteiger partial charge in [0.1, 0.15) is 11.0 Å². The van der Waals surface area contributed by atoms with Gasteiger partial charge < -0.3 is 4.90 Å². The SMILES string of the molecule is CC(C(=O)N(C)C1CCC(=O)CC1)S(C)(=O)=O. The van der Waals surface area contributed by atoms with E-state index in [1.54, 1.807) is 7.05 Å². The fraction of sp³-hybridized carbons (Fsp3) is 0.818. The minimum absolute atomic E-state index is 0.00981. The van der Waals surface area contributed by atoms with Gasteiger partial charge in [0, 0.05) is 32.2 Å². The van der Waals surface area contributed by atoms with Gasteiger partial charge in [-0.15, -0.1) is 0 Å². The molecule has 0 bridgehead atoms. The summed E-state index contributed by atoms with van der Waals surface area (Å²) >= 11 is 0. The first kappa shape index (κ1) is 14.2. The van der Waals surface area contributed by atoms with Crippen LogP contribution in [0.2, 0.25) is 0 Å². The van der Waals surface area contributed by atoms with Crippen LogP contribution in [0.5, 0.6) is 0 Å². The van der Waals surface area contributed by atoms with Crippen molar-refractivity contribution < 1.29 is 18.0 Å². The van der Waals surface area contributed by atoms with Gasteiger partial charge in [-0.3, -0.25) is 9.59 Å². The number of carbonyl (C=O) groups excluding carboxylic acids is 2. The summed E-state index contributed by atoms with van der Waals surface area (Å²) in [6, 6.07) is -0.00981. The van der Waals surface area contributed by atoms with Crippen LogP contribution in [-0.4, -0.2) is 49.6 Å². The normalized spacial score (nSPS) is 20.1. The largest absolute Gasteiger partial charge is 0.342 e. The Kier molecular flexibility index (Phi) is 4.30. The Morgan fingerprint density at radius 3 is 2.24 bits per heavy atom. The molecule has 0 spiro atoms. The molecule has 1 rings (SSSR count). The van der Waals surface area contributed by atoms with Crippen molar-refractivity contribution in [2.24, 2.45) is 0 Å². The Hall–Kier alpha value is -0.910. The second kappa shape index (κ2) is 5.16. The summed E-state index contributed by atoms with van der Waals surface area (Å²) < 4.78 is 22.6. The molecule has 0 heterocycles. The summed E-state index contributed by atoms with van der Waals surface area (Å²) in [6.07, 6.45) is 3.30. The highest BCUT2D eigenvalue weighted by molar-refractivity contribution is 7.92. The molecule has 6 heteroatoms. The Morgan fingerprint density at radius 2 is 1.82 bits per heavy atom. The van der Waals surface area contributed by atoms with Crippen molar-refractivity contribution in [3.63, 3.8) is 0 Å². The molecule has 1 unspecified atom stereocenters. The molecule has 1 amide bonds. The lowest BCUT2D eigenvalue weighted by Crippen LogP contribution is -2.45. The molecule has 1 aliphatic carbocycles. The third-order valence-electron chi connectivity index (χ3n) is 3.40. The van der Waals surface area contributed by atoms with Crippen LogP contribution >= 0.6 is 0 Å². The van der Waals surface area contributed by atoms with E-state index in [4.69, 9.17) is 0 Å². The molecule has 0 aromatic rings. The molecule has 0 aliphatic heterocycles. The molecule has 0 aromatic heterocycles. The first-order valence-corrected chi connectivity index (χ1v) is 7.66. The average Bonchev–Trinajstić information content (AvgIpc) is 2.26. The van der Waals surface area contributed by atoms with Crippen LogP contribution in [0, 0.1) is 0 Å². The van der Waals surface area contributed by atoms with E-state index in [0.29, 0.717) is 25.7 Å². The molecule has 1 fully saturated rings. The highest BCUT2D eigenvalue weighted by Crippen LogP contribution is 2.20. The topological polar surface area (TPSA) is 71.5 Å². The van der Waals surface area contributed by atoms with Gasteiger partial charge in [0.25, 0.3) is 0 Å². The van der Waals surface area contributed by atoms with Crippen molar-refractivity contribution in [3.05, 3.63) is 0 Å². The summed E-state index contributed by atoms with van der Waals surface area (Å²) in [4.78, 5) is 24.5. The summed E-state index contributed by atoms with van der Waals surface area (Å²) in [5.74, 6) is -0.162. The van der Waals surface area contributed by atoms with E-state index in [0.717, 1.165) is 6.26 Å². The fourth-order valence-electron chi connectivity index (χ4n) is 1.96. The number of carbonyl (C=O) groups is 2. The van der Waals surface area contributed by atoms with Gasteiger partial charge in [-0.05, 0) is 19.8 Å². The molecule has 0 aromatic carbocycles. The number of ketones is 1. The van der Waals surface area contributed by atoms with Gasteiger partial charge in [0.2, 0.25) is 5.91 Å². The maximum atomic E-state index is 11.9. The van der Waals surface area contributed by atoms with E-state index in [2.05, 4.69) is 0 Å². The number of hydrogen-bond acceptors (Lipinski definition) is 4. The lowest BCUT2D eigenvalue weighted by Gasteiger charge is -2.32. The van der Waals surface area contributed by atoms with E-state index < -0.39 is 15.1 Å². The standard InChI is InChI=1S/C11H19NO4S/c1-8(17(3,15)16)11(14)12(2)9-4-6-10(13)7-5-9/h8-9H,4-7H2,1-3H3. The van der Waals surface area contributed by atoms with Gasteiger partial charge in [0.15, 0.2) is 9.84 Å². The number of rotatable bonds is 3. The molecule has 0 radical (unpaired) electrons. The van der Waals surface area contributed by atoms with Crippen LogP contribution in [0.3, 0.4) is 0 Å². The van der Waals surface area contributed by atoms with Gasteiger partial charge in [-0.1, -0.05) is 0 Å². The molecule has 1 atom stereocenters. The quantitative estimate of drug-likeness (QED) is 0.736. The zero-order chi connectivity index (χ0) is 13.2. The van der Waals surface area contributed by atoms with Crippen molar-refractivity contribution >= 4 is 21.5 Å². The van der Waals surface area contributed by atoms with E-state index in [-0.39, 0.29) is 17.7 Å². The molecular formula is C11H19NO4S. The summed E-state index contributed by atoms with van der Waals surface area (Å²) in [5.41, 5.74) is 0. The molecule has 5 nitrogen and oxygen atoms in total. The van der Waals surface area contributed by atoms with Gasteiger partial charge in [0.05, 0.1) is 0 Å². The lowest BCUT2D eigenvalue weighted by molar-refractivity contribution is -0.133. The Bertz CT molecular complexity index is 405. The van der Waals surface area contributed by atoms with Crippen LogP contribution in [0.4, 0.5) is 0 Å². The second-order valence-corrected chi connectivity index (χ2v) is 7.06. The maximum Gasteiger partial charge on any atom is 0.240 e.